The average molecular weight is 444 g/mol. The van der Waals surface area contributed by atoms with Crippen LogP contribution in [0.4, 0.5) is 0 Å². The van der Waals surface area contributed by atoms with Gasteiger partial charge in [-0.3, -0.25) is 9.69 Å². The number of piperidine rings is 1. The number of ether oxygens (including phenoxy) is 1. The summed E-state index contributed by atoms with van der Waals surface area (Å²) in [4.78, 5) is 16.6. The highest BCUT2D eigenvalue weighted by atomic mass is 35.5. The normalized spacial score (nSPS) is 21.8. The van der Waals surface area contributed by atoms with E-state index in [4.69, 9.17) is 16.3 Å². The van der Waals surface area contributed by atoms with E-state index in [2.05, 4.69) is 4.90 Å². The summed E-state index contributed by atoms with van der Waals surface area (Å²) in [5, 5.41) is 0.226. The number of rotatable bonds is 7. The van der Waals surface area contributed by atoms with E-state index in [1.807, 2.05) is 4.90 Å². The number of sulfonamides is 1. The van der Waals surface area contributed by atoms with Crippen LogP contribution < -0.4 is 0 Å². The molecule has 0 spiro atoms. The second-order valence-electron chi connectivity index (χ2n) is 7.61. The molecule has 2 aliphatic heterocycles. The molecular weight excluding hydrogens is 414 g/mol. The van der Waals surface area contributed by atoms with Crippen molar-refractivity contribution in [2.75, 3.05) is 52.5 Å². The summed E-state index contributed by atoms with van der Waals surface area (Å²) < 4.78 is 33.0. The highest BCUT2D eigenvalue weighted by Crippen LogP contribution is 2.27. The van der Waals surface area contributed by atoms with Gasteiger partial charge in [0.2, 0.25) is 15.9 Å². The van der Waals surface area contributed by atoms with E-state index >= 15 is 0 Å². The van der Waals surface area contributed by atoms with Gasteiger partial charge in [-0.2, -0.15) is 4.31 Å². The molecule has 2 heterocycles. The Balaban J connectivity index is 1.63. The van der Waals surface area contributed by atoms with E-state index in [1.54, 1.807) is 25.1 Å². The number of hydrogen-bond donors (Lipinski definition) is 0. The molecule has 0 bridgehead atoms. The van der Waals surface area contributed by atoms with Crippen molar-refractivity contribution in [1.82, 2.24) is 14.1 Å². The van der Waals surface area contributed by atoms with Gasteiger partial charge in [-0.15, -0.1) is 0 Å². The Labute approximate surface area is 178 Å². The van der Waals surface area contributed by atoms with Crippen molar-refractivity contribution >= 4 is 27.5 Å². The molecule has 0 N–H and O–H groups in total. The molecule has 29 heavy (non-hydrogen) atoms. The van der Waals surface area contributed by atoms with Crippen molar-refractivity contribution in [1.29, 1.82) is 0 Å². The summed E-state index contributed by atoms with van der Waals surface area (Å²) in [7, 11) is -3.68. The Hall–Kier alpha value is -1.19. The van der Waals surface area contributed by atoms with E-state index < -0.39 is 10.0 Å². The molecule has 1 amide bonds. The van der Waals surface area contributed by atoms with Crippen LogP contribution in [-0.4, -0.2) is 87.0 Å². The largest absolute Gasteiger partial charge is 0.379 e. The molecule has 9 heteroatoms. The van der Waals surface area contributed by atoms with E-state index in [1.165, 1.54) is 10.4 Å². The number of nitrogens with zero attached hydrogens (tertiary/aromatic N) is 3. The van der Waals surface area contributed by atoms with Crippen LogP contribution in [0, 0.1) is 0 Å². The lowest BCUT2D eigenvalue weighted by atomic mass is 10.1. The van der Waals surface area contributed by atoms with Crippen LogP contribution in [0.5, 0.6) is 0 Å². The fraction of sp³-hybridized carbons (Fsp3) is 0.650. The van der Waals surface area contributed by atoms with Crippen molar-refractivity contribution in [2.45, 2.75) is 37.1 Å². The predicted molar refractivity (Wildman–Crippen MR) is 112 cm³/mol. The molecule has 7 nitrogen and oxygen atoms in total. The maximum atomic E-state index is 13.1. The maximum Gasteiger partial charge on any atom is 0.244 e. The van der Waals surface area contributed by atoms with Crippen molar-refractivity contribution in [3.8, 4) is 0 Å². The number of carbonyl (C=O) groups excluding carboxylic acids is 1. The first-order chi connectivity index (χ1) is 13.9. The summed E-state index contributed by atoms with van der Waals surface area (Å²) in [6.45, 7) is 7.24. The number of hydrogen-bond acceptors (Lipinski definition) is 5. The summed E-state index contributed by atoms with van der Waals surface area (Å²) in [6.07, 6.45) is 2.40. The lowest BCUT2D eigenvalue weighted by Gasteiger charge is -2.39. The molecule has 0 saturated carbocycles. The minimum atomic E-state index is -3.68. The van der Waals surface area contributed by atoms with Crippen molar-refractivity contribution in [3.05, 3.63) is 29.3 Å². The number of amides is 1. The Morgan fingerprint density at radius 2 is 1.97 bits per heavy atom. The second kappa shape index (κ2) is 10.2. The molecule has 0 aliphatic carbocycles. The number of carbonyl (C=O) groups is 1. The monoisotopic (exact) mass is 443 g/mol. The van der Waals surface area contributed by atoms with Crippen molar-refractivity contribution < 1.29 is 17.9 Å². The third-order valence-corrected chi connectivity index (χ3v) is 8.00. The molecule has 2 aliphatic rings. The van der Waals surface area contributed by atoms with Gasteiger partial charge in [0.15, 0.2) is 0 Å². The molecular formula is C20H30ClN3O4S. The standard InChI is InChI=1S/C20H30ClN3O4S/c1-17(25)24(11-5-9-22-12-14-28-15-13-22)18-6-4-10-23(16-18)29(26,27)20-8-3-2-7-19(20)21/h2-3,7-8,18H,4-6,9-16H2,1H3. The van der Waals surface area contributed by atoms with Gasteiger partial charge >= 0.3 is 0 Å². The van der Waals surface area contributed by atoms with Crippen molar-refractivity contribution in [3.63, 3.8) is 0 Å². The van der Waals surface area contributed by atoms with E-state index in [-0.39, 0.29) is 21.9 Å². The number of morpholine rings is 1. The molecule has 162 valence electrons. The summed E-state index contributed by atoms with van der Waals surface area (Å²) in [6, 6.07) is 6.40. The average Bonchev–Trinajstić information content (AvgIpc) is 2.72. The van der Waals surface area contributed by atoms with Gasteiger partial charge in [-0.25, -0.2) is 8.42 Å². The Bertz CT molecular complexity index is 799. The van der Waals surface area contributed by atoms with Crippen LogP contribution in [-0.2, 0) is 19.6 Å². The predicted octanol–water partition coefficient (Wildman–Crippen LogP) is 2.06. The molecule has 1 atom stereocenters. The van der Waals surface area contributed by atoms with Gasteiger partial charge in [-0.1, -0.05) is 23.7 Å². The van der Waals surface area contributed by atoms with Crippen LogP contribution in [0.15, 0.2) is 29.2 Å². The number of halogens is 1. The molecule has 1 unspecified atom stereocenters. The summed E-state index contributed by atoms with van der Waals surface area (Å²) >= 11 is 6.14. The molecule has 1 aromatic rings. The van der Waals surface area contributed by atoms with Gasteiger partial charge in [0.1, 0.15) is 4.90 Å². The van der Waals surface area contributed by atoms with Crippen molar-refractivity contribution in [2.24, 2.45) is 0 Å². The van der Waals surface area contributed by atoms with E-state index in [0.717, 1.165) is 52.1 Å². The van der Waals surface area contributed by atoms with Gasteiger partial charge in [0, 0.05) is 52.2 Å². The van der Waals surface area contributed by atoms with E-state index in [0.29, 0.717) is 19.6 Å². The molecule has 2 fully saturated rings. The first kappa shape index (κ1) is 22.5. The third kappa shape index (κ3) is 5.70. The number of benzene rings is 1. The Morgan fingerprint density at radius 1 is 1.24 bits per heavy atom. The SMILES string of the molecule is CC(=O)N(CCCN1CCOCC1)C1CCCN(S(=O)(=O)c2ccccc2Cl)C1. The third-order valence-electron chi connectivity index (χ3n) is 5.64. The first-order valence-corrected chi connectivity index (χ1v) is 12.0. The quantitative estimate of drug-likeness (QED) is 0.645. The van der Waals surface area contributed by atoms with Gasteiger partial charge < -0.3 is 9.64 Å². The van der Waals surface area contributed by atoms with Gasteiger partial charge in [0.05, 0.1) is 18.2 Å². The van der Waals surface area contributed by atoms with Crippen LogP contribution in [0.1, 0.15) is 26.2 Å². The maximum absolute atomic E-state index is 13.1. The molecule has 2 saturated heterocycles. The molecule has 0 radical (unpaired) electrons. The zero-order chi connectivity index (χ0) is 20.9. The van der Waals surface area contributed by atoms with Crippen LogP contribution in [0.2, 0.25) is 5.02 Å². The summed E-state index contributed by atoms with van der Waals surface area (Å²) in [5.74, 6) is -0.00558. The van der Waals surface area contributed by atoms with Gasteiger partial charge in [-0.05, 0) is 31.4 Å². The molecule has 0 aromatic heterocycles. The first-order valence-electron chi connectivity index (χ1n) is 10.2. The fourth-order valence-electron chi connectivity index (χ4n) is 4.07. The topological polar surface area (TPSA) is 70.2 Å². The lowest BCUT2D eigenvalue weighted by Crippen LogP contribution is -2.51. The zero-order valence-electron chi connectivity index (χ0n) is 16.9. The van der Waals surface area contributed by atoms with E-state index in [9.17, 15) is 13.2 Å². The van der Waals surface area contributed by atoms with Gasteiger partial charge in [0.25, 0.3) is 0 Å². The zero-order valence-corrected chi connectivity index (χ0v) is 18.5. The molecule has 1 aromatic carbocycles. The minimum Gasteiger partial charge on any atom is -0.379 e. The Morgan fingerprint density at radius 3 is 2.66 bits per heavy atom. The molecule has 3 rings (SSSR count). The highest BCUT2D eigenvalue weighted by Gasteiger charge is 2.34. The summed E-state index contributed by atoms with van der Waals surface area (Å²) in [5.41, 5.74) is 0. The second-order valence-corrected chi connectivity index (χ2v) is 9.92. The van der Waals surface area contributed by atoms with Crippen LogP contribution >= 0.6 is 11.6 Å². The highest BCUT2D eigenvalue weighted by molar-refractivity contribution is 7.89. The Kier molecular flexibility index (Phi) is 7.92. The fourth-order valence-corrected chi connectivity index (χ4v) is 6.08. The van der Waals surface area contributed by atoms with Crippen LogP contribution in [0.25, 0.3) is 0 Å². The lowest BCUT2D eigenvalue weighted by molar-refractivity contribution is -0.132. The minimum absolute atomic E-state index is 0.00558. The van der Waals surface area contributed by atoms with Crippen LogP contribution in [0.3, 0.4) is 0 Å². The smallest absolute Gasteiger partial charge is 0.244 e.